The van der Waals surface area contributed by atoms with Gasteiger partial charge < -0.3 is 14.8 Å². The van der Waals surface area contributed by atoms with Crippen LogP contribution in [-0.4, -0.2) is 20.1 Å². The first-order chi connectivity index (χ1) is 15.6. The number of thiophene rings is 1. The van der Waals surface area contributed by atoms with Gasteiger partial charge in [-0.05, 0) is 54.8 Å². The van der Waals surface area contributed by atoms with Gasteiger partial charge in [-0.2, -0.15) is 0 Å². The summed E-state index contributed by atoms with van der Waals surface area (Å²) in [6, 6.07) is 20.0. The molecular weight excluding hydrogens is 442 g/mol. The summed E-state index contributed by atoms with van der Waals surface area (Å²) in [5.74, 6) is 0.632. The molecule has 3 heterocycles. The second-order valence-corrected chi connectivity index (χ2v) is 9.25. The van der Waals surface area contributed by atoms with Gasteiger partial charge in [0.05, 0.1) is 10.4 Å². The quantitative estimate of drug-likeness (QED) is 0.301. The minimum atomic E-state index is -0.430. The summed E-state index contributed by atoms with van der Waals surface area (Å²) in [7, 11) is 0. The standard InChI is InChI=1S/C24H19N3O3S2/c1-14-12-15(18-4-2-3-5-19(18)25-14)13-30-16-6-8-17(9-7-16)32-20-10-11-31-22(20)21-23(28)27-24(29)26-21/h2-12,28H,13H2,1H3,(H2,26,27,29). The molecule has 0 aliphatic heterocycles. The van der Waals surface area contributed by atoms with Gasteiger partial charge in [0.25, 0.3) is 0 Å². The van der Waals surface area contributed by atoms with E-state index in [0.717, 1.165) is 42.6 Å². The first-order valence-corrected chi connectivity index (χ1v) is 11.6. The van der Waals surface area contributed by atoms with Crippen molar-refractivity contribution < 1.29 is 9.84 Å². The minimum absolute atomic E-state index is 0.151. The molecule has 0 fully saturated rings. The van der Waals surface area contributed by atoms with Gasteiger partial charge in [0.1, 0.15) is 18.1 Å². The average Bonchev–Trinajstić information content (AvgIpc) is 3.37. The summed E-state index contributed by atoms with van der Waals surface area (Å²) in [5, 5.41) is 13.0. The number of fused-ring (bicyclic) bond motifs is 1. The molecule has 5 aromatic rings. The Labute approximate surface area is 191 Å². The van der Waals surface area contributed by atoms with Gasteiger partial charge in [0.15, 0.2) is 0 Å². The molecule has 0 saturated carbocycles. The number of benzene rings is 2. The fourth-order valence-corrected chi connectivity index (χ4v) is 5.51. The van der Waals surface area contributed by atoms with Crippen molar-refractivity contribution in [3.8, 4) is 22.2 Å². The van der Waals surface area contributed by atoms with Crippen LogP contribution in [0.5, 0.6) is 11.6 Å². The van der Waals surface area contributed by atoms with Crippen LogP contribution in [-0.2, 0) is 6.61 Å². The first-order valence-electron chi connectivity index (χ1n) is 9.92. The van der Waals surface area contributed by atoms with Gasteiger partial charge in [0, 0.05) is 26.4 Å². The Morgan fingerprint density at radius 1 is 1.09 bits per heavy atom. The predicted molar refractivity (Wildman–Crippen MR) is 128 cm³/mol. The Balaban J connectivity index is 1.31. The lowest BCUT2D eigenvalue weighted by Crippen LogP contribution is -1.99. The van der Waals surface area contributed by atoms with Gasteiger partial charge in [-0.1, -0.05) is 30.0 Å². The molecule has 8 heteroatoms. The molecule has 0 aliphatic carbocycles. The lowest BCUT2D eigenvalue weighted by Gasteiger charge is -2.10. The average molecular weight is 462 g/mol. The van der Waals surface area contributed by atoms with E-state index in [1.807, 2.05) is 60.8 Å². The second-order valence-electron chi connectivity index (χ2n) is 7.22. The van der Waals surface area contributed by atoms with Crippen LogP contribution >= 0.6 is 23.1 Å². The molecule has 3 aromatic heterocycles. The third kappa shape index (κ3) is 4.15. The van der Waals surface area contributed by atoms with Gasteiger partial charge in [-0.15, -0.1) is 11.3 Å². The van der Waals surface area contributed by atoms with E-state index in [1.165, 1.54) is 11.3 Å². The van der Waals surface area contributed by atoms with E-state index in [9.17, 15) is 9.90 Å². The van der Waals surface area contributed by atoms with Crippen molar-refractivity contribution in [3.63, 3.8) is 0 Å². The highest BCUT2D eigenvalue weighted by Crippen LogP contribution is 2.41. The number of nitrogens with one attached hydrogen (secondary N) is 2. The maximum atomic E-state index is 11.5. The molecule has 3 N–H and O–H groups in total. The van der Waals surface area contributed by atoms with Crippen molar-refractivity contribution in [2.75, 3.05) is 0 Å². The number of rotatable bonds is 6. The Kier molecular flexibility index (Phi) is 5.46. The molecular formula is C24H19N3O3S2. The molecule has 0 aliphatic rings. The highest BCUT2D eigenvalue weighted by Gasteiger charge is 2.15. The summed E-state index contributed by atoms with van der Waals surface area (Å²) >= 11 is 3.02. The number of aromatic hydroxyl groups is 1. The number of H-pyrrole nitrogens is 2. The minimum Gasteiger partial charge on any atom is -0.493 e. The van der Waals surface area contributed by atoms with E-state index in [2.05, 4.69) is 27.1 Å². The van der Waals surface area contributed by atoms with Crippen LogP contribution in [0.15, 0.2) is 80.6 Å². The number of para-hydroxylation sites is 1. The van der Waals surface area contributed by atoms with Gasteiger partial charge in [-0.3, -0.25) is 9.97 Å². The van der Waals surface area contributed by atoms with Gasteiger partial charge in [0.2, 0.25) is 5.88 Å². The van der Waals surface area contributed by atoms with E-state index in [4.69, 9.17) is 4.74 Å². The molecule has 32 heavy (non-hydrogen) atoms. The van der Waals surface area contributed by atoms with Crippen LogP contribution in [0.1, 0.15) is 11.3 Å². The number of hydrogen-bond donors (Lipinski definition) is 3. The molecule has 2 aromatic carbocycles. The predicted octanol–water partition coefficient (Wildman–Crippen LogP) is 5.72. The zero-order valence-electron chi connectivity index (χ0n) is 17.1. The molecule has 0 amide bonds. The zero-order valence-corrected chi connectivity index (χ0v) is 18.7. The fraction of sp³-hybridized carbons (Fsp3) is 0.0833. The fourth-order valence-electron chi connectivity index (χ4n) is 3.50. The third-order valence-corrected chi connectivity index (χ3v) is 7.07. The van der Waals surface area contributed by atoms with Gasteiger partial charge >= 0.3 is 5.69 Å². The molecule has 0 radical (unpaired) electrons. The SMILES string of the molecule is Cc1cc(COc2ccc(Sc3ccsc3-c3[nH]c(=O)[nH]c3O)cc2)c2ccccc2n1. The van der Waals surface area contributed by atoms with Crippen LogP contribution in [0, 0.1) is 6.92 Å². The molecule has 0 bridgehead atoms. The molecule has 6 nitrogen and oxygen atoms in total. The second kappa shape index (κ2) is 8.57. The van der Waals surface area contributed by atoms with E-state index in [-0.39, 0.29) is 5.88 Å². The van der Waals surface area contributed by atoms with Crippen LogP contribution in [0.3, 0.4) is 0 Å². The third-order valence-electron chi connectivity index (χ3n) is 4.94. The molecule has 0 atom stereocenters. The van der Waals surface area contributed by atoms with E-state index < -0.39 is 5.69 Å². The summed E-state index contributed by atoms with van der Waals surface area (Å²) in [4.78, 5) is 23.8. The number of imidazole rings is 1. The molecule has 0 saturated heterocycles. The maximum absolute atomic E-state index is 11.5. The van der Waals surface area contributed by atoms with E-state index >= 15 is 0 Å². The maximum Gasteiger partial charge on any atom is 0.326 e. The van der Waals surface area contributed by atoms with Crippen molar-refractivity contribution in [3.05, 3.63) is 87.8 Å². The first kappa shape index (κ1) is 20.4. The Hall–Kier alpha value is -3.49. The Morgan fingerprint density at radius 3 is 2.69 bits per heavy atom. The summed E-state index contributed by atoms with van der Waals surface area (Å²) < 4.78 is 6.05. The number of aryl methyl sites for hydroxylation is 1. The van der Waals surface area contributed by atoms with Crippen LogP contribution in [0.4, 0.5) is 0 Å². The summed E-state index contributed by atoms with van der Waals surface area (Å²) in [6.45, 7) is 2.45. The number of ether oxygens (including phenoxy) is 1. The number of aromatic nitrogens is 3. The monoisotopic (exact) mass is 461 g/mol. The largest absolute Gasteiger partial charge is 0.493 e. The van der Waals surface area contributed by atoms with Crippen molar-refractivity contribution in [2.45, 2.75) is 23.3 Å². The van der Waals surface area contributed by atoms with Crippen molar-refractivity contribution >= 4 is 34.0 Å². The normalized spacial score (nSPS) is 11.2. The van der Waals surface area contributed by atoms with Crippen molar-refractivity contribution in [2.24, 2.45) is 0 Å². The number of nitrogens with zero attached hydrogens (tertiary/aromatic N) is 1. The molecule has 0 unspecified atom stereocenters. The van der Waals surface area contributed by atoms with Crippen LogP contribution in [0.25, 0.3) is 21.5 Å². The van der Waals surface area contributed by atoms with Crippen molar-refractivity contribution in [1.29, 1.82) is 0 Å². The number of pyridine rings is 1. The summed E-state index contributed by atoms with van der Waals surface area (Å²) in [6.07, 6.45) is 0. The van der Waals surface area contributed by atoms with Gasteiger partial charge in [-0.25, -0.2) is 4.79 Å². The Bertz CT molecular complexity index is 1450. The zero-order chi connectivity index (χ0) is 22.1. The van der Waals surface area contributed by atoms with E-state index in [0.29, 0.717) is 12.3 Å². The molecule has 0 spiro atoms. The van der Waals surface area contributed by atoms with Crippen LogP contribution in [0.2, 0.25) is 0 Å². The lowest BCUT2D eigenvalue weighted by molar-refractivity contribution is 0.307. The molecule has 160 valence electrons. The van der Waals surface area contributed by atoms with Crippen LogP contribution < -0.4 is 10.4 Å². The highest BCUT2D eigenvalue weighted by atomic mass is 32.2. The lowest BCUT2D eigenvalue weighted by atomic mass is 10.1. The summed E-state index contributed by atoms with van der Waals surface area (Å²) in [5.41, 5.74) is 3.03. The van der Waals surface area contributed by atoms with E-state index in [1.54, 1.807) is 11.8 Å². The highest BCUT2D eigenvalue weighted by molar-refractivity contribution is 7.99. The number of hydrogen-bond acceptors (Lipinski definition) is 6. The smallest absolute Gasteiger partial charge is 0.326 e. The number of aromatic amines is 2. The van der Waals surface area contributed by atoms with Crippen molar-refractivity contribution in [1.82, 2.24) is 15.0 Å². The Morgan fingerprint density at radius 2 is 1.91 bits per heavy atom. The topological polar surface area (TPSA) is 91.0 Å². The molecule has 5 rings (SSSR count).